The van der Waals surface area contributed by atoms with Gasteiger partial charge in [0.15, 0.2) is 5.69 Å². The van der Waals surface area contributed by atoms with Gasteiger partial charge in [-0.25, -0.2) is 0 Å². The standard InChI is InChI=1S/C32H37N2/c1-20(2)34-29-12-10-9-11-26(29)28-15-21(3)27(18-30(28)34)31-25-14-13-23(19-32(5,6)7)17-24(25)16-22(4)33(31)8/h9-18,20H,19H2,1-8H3/q+1/i16D. The quantitative estimate of drug-likeness (QED) is 0.245. The lowest BCUT2D eigenvalue weighted by molar-refractivity contribution is -0.665. The Hall–Kier alpha value is -3.13. The smallest absolute Gasteiger partial charge is 0.220 e. The molecule has 174 valence electrons. The van der Waals surface area contributed by atoms with Crippen LogP contribution in [0.4, 0.5) is 0 Å². The summed E-state index contributed by atoms with van der Waals surface area (Å²) in [5.41, 5.74) is 8.74. The van der Waals surface area contributed by atoms with E-state index in [0.717, 1.165) is 22.9 Å². The average Bonchev–Trinajstić information content (AvgIpc) is 3.10. The van der Waals surface area contributed by atoms with Crippen LogP contribution in [0, 0.1) is 19.3 Å². The Morgan fingerprint density at radius 1 is 0.912 bits per heavy atom. The zero-order chi connectivity index (χ0) is 25.2. The second kappa shape index (κ2) is 7.98. The second-order valence-electron chi connectivity index (χ2n) is 11.4. The third-order valence-electron chi connectivity index (χ3n) is 7.06. The van der Waals surface area contributed by atoms with Crippen LogP contribution in [0.15, 0.2) is 60.6 Å². The van der Waals surface area contributed by atoms with Gasteiger partial charge in [-0.1, -0.05) is 51.1 Å². The van der Waals surface area contributed by atoms with Crippen molar-refractivity contribution in [3.8, 4) is 11.3 Å². The van der Waals surface area contributed by atoms with E-state index in [1.807, 2.05) is 0 Å². The minimum Gasteiger partial charge on any atom is -0.338 e. The number of aryl methyl sites for hydroxylation is 1. The first-order valence-corrected chi connectivity index (χ1v) is 12.4. The number of nitrogens with zero attached hydrogens (tertiary/aromatic N) is 2. The topological polar surface area (TPSA) is 8.81 Å². The number of fused-ring (bicyclic) bond motifs is 4. The highest BCUT2D eigenvalue weighted by molar-refractivity contribution is 6.10. The molecule has 3 aromatic carbocycles. The fraction of sp³-hybridized carbons (Fsp3) is 0.344. The summed E-state index contributed by atoms with van der Waals surface area (Å²) in [7, 11) is 2.10. The maximum Gasteiger partial charge on any atom is 0.220 e. The molecular formula is C32H37N2+. The van der Waals surface area contributed by atoms with Gasteiger partial charge in [0.05, 0.1) is 17.8 Å². The van der Waals surface area contributed by atoms with Crippen LogP contribution in [0.3, 0.4) is 0 Å². The monoisotopic (exact) mass is 450 g/mol. The number of pyridine rings is 1. The number of aromatic nitrogens is 2. The number of benzene rings is 3. The molecule has 2 heteroatoms. The second-order valence-corrected chi connectivity index (χ2v) is 11.4. The maximum absolute atomic E-state index is 8.94. The van der Waals surface area contributed by atoms with Crippen molar-refractivity contribution < 1.29 is 5.94 Å². The Labute approximate surface area is 205 Å². The van der Waals surface area contributed by atoms with Crippen molar-refractivity contribution in [1.29, 1.82) is 0 Å². The van der Waals surface area contributed by atoms with Gasteiger partial charge < -0.3 is 4.57 Å². The molecule has 2 heterocycles. The Bertz CT molecular complexity index is 1610. The van der Waals surface area contributed by atoms with Crippen molar-refractivity contribution in [2.24, 2.45) is 12.5 Å². The molecule has 0 fully saturated rings. The first-order chi connectivity index (χ1) is 16.5. The van der Waals surface area contributed by atoms with E-state index in [4.69, 9.17) is 1.37 Å². The molecule has 0 aliphatic rings. The highest BCUT2D eigenvalue weighted by atomic mass is 15.0. The summed E-state index contributed by atoms with van der Waals surface area (Å²) in [5, 5.41) is 4.81. The molecule has 0 aliphatic carbocycles. The van der Waals surface area contributed by atoms with Gasteiger partial charge in [-0.15, -0.1) is 0 Å². The summed E-state index contributed by atoms with van der Waals surface area (Å²) < 4.78 is 13.6. The predicted octanol–water partition coefficient (Wildman–Crippen LogP) is 8.23. The minimum absolute atomic E-state index is 0.207. The Kier molecular flexibility index (Phi) is 5.02. The molecule has 0 amide bonds. The molecule has 2 nitrogen and oxygen atoms in total. The maximum atomic E-state index is 8.94. The van der Waals surface area contributed by atoms with E-state index in [-0.39, 0.29) is 5.41 Å². The molecule has 0 spiro atoms. The molecule has 0 unspecified atom stereocenters. The summed E-state index contributed by atoms with van der Waals surface area (Å²) >= 11 is 0. The van der Waals surface area contributed by atoms with Gasteiger partial charge >= 0.3 is 0 Å². The van der Waals surface area contributed by atoms with Gasteiger partial charge in [0.1, 0.15) is 7.05 Å². The van der Waals surface area contributed by atoms with Crippen molar-refractivity contribution in [2.75, 3.05) is 0 Å². The van der Waals surface area contributed by atoms with E-state index in [0.29, 0.717) is 12.1 Å². The van der Waals surface area contributed by atoms with Gasteiger partial charge in [0.2, 0.25) is 5.69 Å². The lowest BCUT2D eigenvalue weighted by Crippen LogP contribution is -2.35. The zero-order valence-corrected chi connectivity index (χ0v) is 21.9. The lowest BCUT2D eigenvalue weighted by Gasteiger charge is -2.19. The molecule has 5 rings (SSSR count). The predicted molar refractivity (Wildman–Crippen MR) is 147 cm³/mol. The zero-order valence-electron chi connectivity index (χ0n) is 22.9. The van der Waals surface area contributed by atoms with E-state index in [2.05, 4.69) is 119 Å². The molecule has 0 saturated heterocycles. The highest BCUT2D eigenvalue weighted by Crippen LogP contribution is 2.38. The van der Waals surface area contributed by atoms with Gasteiger partial charge in [0.25, 0.3) is 0 Å². The molecule has 0 radical (unpaired) electrons. The molecule has 0 N–H and O–H groups in total. The summed E-state index contributed by atoms with van der Waals surface area (Å²) in [4.78, 5) is 0. The number of hydrogen-bond donors (Lipinski definition) is 0. The van der Waals surface area contributed by atoms with Gasteiger partial charge in [-0.3, -0.25) is 0 Å². The van der Waals surface area contributed by atoms with Gasteiger partial charge in [-0.05, 0) is 73.4 Å². The molecule has 34 heavy (non-hydrogen) atoms. The summed E-state index contributed by atoms with van der Waals surface area (Å²) in [5.74, 6) is 0. The fourth-order valence-electron chi connectivity index (χ4n) is 5.54. The van der Waals surface area contributed by atoms with Crippen molar-refractivity contribution in [3.05, 3.63) is 77.5 Å². The van der Waals surface area contributed by atoms with Crippen LogP contribution in [0.2, 0.25) is 0 Å². The molecule has 5 aromatic rings. The van der Waals surface area contributed by atoms with Crippen LogP contribution < -0.4 is 4.57 Å². The van der Waals surface area contributed by atoms with Crippen molar-refractivity contribution in [3.63, 3.8) is 0 Å². The van der Waals surface area contributed by atoms with Crippen LogP contribution in [-0.4, -0.2) is 4.57 Å². The number of rotatable bonds is 3. The summed E-state index contributed by atoms with van der Waals surface area (Å²) in [6.45, 7) is 15.6. The Morgan fingerprint density at radius 3 is 2.35 bits per heavy atom. The van der Waals surface area contributed by atoms with E-state index >= 15 is 0 Å². The minimum atomic E-state index is 0.207. The Balaban J connectivity index is 1.85. The van der Waals surface area contributed by atoms with Gasteiger partial charge in [0, 0.05) is 35.3 Å². The third-order valence-corrected chi connectivity index (χ3v) is 7.06. The molecule has 0 aliphatic heterocycles. The highest BCUT2D eigenvalue weighted by Gasteiger charge is 2.23. The molecule has 0 atom stereocenters. The largest absolute Gasteiger partial charge is 0.338 e. The average molecular weight is 451 g/mol. The number of hydrogen-bond acceptors (Lipinski definition) is 0. The van der Waals surface area contributed by atoms with Crippen molar-refractivity contribution >= 4 is 32.6 Å². The van der Waals surface area contributed by atoms with E-state index in [1.165, 1.54) is 44.2 Å². The van der Waals surface area contributed by atoms with Crippen LogP contribution in [0.1, 0.15) is 58.9 Å². The molecule has 0 saturated carbocycles. The number of para-hydroxylation sites is 1. The molecule has 2 aromatic heterocycles. The molecule has 0 bridgehead atoms. The third kappa shape index (κ3) is 3.70. The summed E-state index contributed by atoms with van der Waals surface area (Å²) in [6, 6.07) is 21.2. The van der Waals surface area contributed by atoms with Crippen LogP contribution in [-0.2, 0) is 13.5 Å². The fourth-order valence-corrected chi connectivity index (χ4v) is 5.54. The first kappa shape index (κ1) is 21.4. The SMILES string of the molecule is [2H]c1c(C)[n+](C)c(-c2cc3c(cc2C)c2ccccc2n3C(C)C)c2ccc(CC(C)(C)C)cc12. The first-order valence-electron chi connectivity index (χ1n) is 12.9. The Morgan fingerprint density at radius 2 is 1.65 bits per heavy atom. The van der Waals surface area contributed by atoms with E-state index in [9.17, 15) is 0 Å². The van der Waals surface area contributed by atoms with Gasteiger partial charge in [-0.2, -0.15) is 4.57 Å². The van der Waals surface area contributed by atoms with Crippen molar-refractivity contribution in [1.82, 2.24) is 4.57 Å². The van der Waals surface area contributed by atoms with E-state index < -0.39 is 0 Å². The van der Waals surface area contributed by atoms with E-state index in [1.54, 1.807) is 0 Å². The normalized spacial score (nSPS) is 12.9. The summed E-state index contributed by atoms with van der Waals surface area (Å²) in [6.07, 6.45) is 0.997. The van der Waals surface area contributed by atoms with Crippen LogP contribution >= 0.6 is 0 Å². The van der Waals surface area contributed by atoms with Crippen LogP contribution in [0.5, 0.6) is 0 Å². The molecular weight excluding hydrogens is 412 g/mol. The van der Waals surface area contributed by atoms with Crippen molar-refractivity contribution in [2.45, 2.75) is 60.9 Å². The lowest BCUT2D eigenvalue weighted by atomic mass is 9.87. The van der Waals surface area contributed by atoms with Crippen LogP contribution in [0.25, 0.3) is 43.8 Å².